The van der Waals surface area contributed by atoms with Crippen LogP contribution in [0.3, 0.4) is 0 Å². The van der Waals surface area contributed by atoms with E-state index in [0.29, 0.717) is 0 Å². The number of carbonyl (C=O) groups excluding carboxylic acids is 3. The molecule has 1 amide bonds. The Morgan fingerprint density at radius 1 is 1.67 bits per heavy atom. The van der Waals surface area contributed by atoms with Crippen molar-refractivity contribution in [2.45, 2.75) is 0 Å². The second-order valence-corrected chi connectivity index (χ2v) is 2.97. The molecule has 15 heavy (non-hydrogen) atoms. The van der Waals surface area contributed by atoms with Crippen molar-refractivity contribution in [2.75, 3.05) is 20.3 Å². The summed E-state index contributed by atoms with van der Waals surface area (Å²) < 4.78 is 8.95. The van der Waals surface area contributed by atoms with Gasteiger partial charge in [0.25, 0.3) is 0 Å². The van der Waals surface area contributed by atoms with Crippen LogP contribution in [-0.2, 0) is 23.9 Å². The highest BCUT2D eigenvalue weighted by Gasteiger charge is 2.34. The minimum Gasteiger partial charge on any atom is -0.468 e. The number of nitrogens with one attached hydrogen (secondary N) is 1. The van der Waals surface area contributed by atoms with E-state index in [1.807, 2.05) is 0 Å². The lowest BCUT2D eigenvalue weighted by Gasteiger charge is -2.07. The molecule has 0 radical (unpaired) electrons. The minimum absolute atomic E-state index is 0.0231. The van der Waals surface area contributed by atoms with Crippen LogP contribution in [0.4, 0.5) is 0 Å². The van der Waals surface area contributed by atoms with E-state index in [0.717, 1.165) is 0 Å². The van der Waals surface area contributed by atoms with Crippen molar-refractivity contribution < 1.29 is 23.9 Å². The SMILES string of the molecule is C=C1C(=O)OC[C@@H]1C(=O)NCC(=O)OC. The zero-order valence-electron chi connectivity index (χ0n) is 8.24. The molecule has 0 aromatic carbocycles. The number of methoxy groups -OCH3 is 1. The Hall–Kier alpha value is -1.85. The first kappa shape index (κ1) is 11.2. The third-order valence-corrected chi connectivity index (χ3v) is 2.02. The molecule has 1 atom stereocenters. The molecule has 0 spiro atoms. The molecule has 0 aromatic heterocycles. The van der Waals surface area contributed by atoms with Gasteiger partial charge in [-0.25, -0.2) is 4.79 Å². The van der Waals surface area contributed by atoms with Crippen LogP contribution in [0, 0.1) is 5.92 Å². The summed E-state index contributed by atoms with van der Waals surface area (Å²) in [6.45, 7) is 3.18. The Morgan fingerprint density at radius 3 is 2.80 bits per heavy atom. The number of hydrogen-bond donors (Lipinski definition) is 1. The monoisotopic (exact) mass is 213 g/mol. The average molecular weight is 213 g/mol. The van der Waals surface area contributed by atoms with Gasteiger partial charge in [0.1, 0.15) is 19.1 Å². The van der Waals surface area contributed by atoms with Crippen LogP contribution in [0.1, 0.15) is 0 Å². The van der Waals surface area contributed by atoms with E-state index in [1.165, 1.54) is 7.11 Å². The molecular formula is C9H11NO5. The summed E-state index contributed by atoms with van der Waals surface area (Å²) in [5.41, 5.74) is 0.109. The highest BCUT2D eigenvalue weighted by atomic mass is 16.5. The molecule has 1 saturated heterocycles. The van der Waals surface area contributed by atoms with Crippen molar-refractivity contribution in [3.8, 4) is 0 Å². The first-order valence-electron chi connectivity index (χ1n) is 4.26. The summed E-state index contributed by atoms with van der Waals surface area (Å²) in [5, 5.41) is 2.32. The van der Waals surface area contributed by atoms with Gasteiger partial charge < -0.3 is 14.8 Å². The van der Waals surface area contributed by atoms with Gasteiger partial charge in [0, 0.05) is 5.57 Å². The Bertz CT molecular complexity index is 322. The molecule has 1 aliphatic rings. The highest BCUT2D eigenvalue weighted by Crippen LogP contribution is 2.19. The number of esters is 2. The van der Waals surface area contributed by atoms with Crippen LogP contribution in [0.2, 0.25) is 0 Å². The van der Waals surface area contributed by atoms with Crippen molar-refractivity contribution in [1.29, 1.82) is 0 Å². The standard InChI is InChI=1S/C9H11NO5/c1-5-6(4-15-9(5)13)8(12)10-3-7(11)14-2/h6H,1,3-4H2,2H3,(H,10,12)/t6-/m0/s1. The second-order valence-electron chi connectivity index (χ2n) is 2.97. The number of rotatable bonds is 3. The maximum Gasteiger partial charge on any atom is 0.334 e. The maximum absolute atomic E-state index is 11.4. The quantitative estimate of drug-likeness (QED) is 0.480. The molecule has 0 bridgehead atoms. The van der Waals surface area contributed by atoms with Gasteiger partial charge >= 0.3 is 11.9 Å². The molecule has 0 saturated carbocycles. The van der Waals surface area contributed by atoms with Crippen molar-refractivity contribution in [2.24, 2.45) is 5.92 Å². The summed E-state index contributed by atoms with van der Waals surface area (Å²) in [6, 6.07) is 0. The number of ether oxygens (including phenoxy) is 2. The molecule has 6 heteroatoms. The van der Waals surface area contributed by atoms with Gasteiger partial charge in [-0.2, -0.15) is 0 Å². The predicted molar refractivity (Wildman–Crippen MR) is 48.6 cm³/mol. The van der Waals surface area contributed by atoms with Gasteiger partial charge in [-0.15, -0.1) is 0 Å². The Kier molecular flexibility index (Phi) is 3.43. The number of carbonyl (C=O) groups is 3. The smallest absolute Gasteiger partial charge is 0.334 e. The maximum atomic E-state index is 11.4. The van der Waals surface area contributed by atoms with Crippen LogP contribution in [0.25, 0.3) is 0 Å². The van der Waals surface area contributed by atoms with Gasteiger partial charge in [0.15, 0.2) is 0 Å². The number of cyclic esters (lactones) is 1. The molecule has 82 valence electrons. The first-order chi connectivity index (χ1) is 7.06. The van der Waals surface area contributed by atoms with E-state index < -0.39 is 23.8 Å². The fourth-order valence-electron chi connectivity index (χ4n) is 1.08. The topological polar surface area (TPSA) is 81.7 Å². The van der Waals surface area contributed by atoms with Crippen LogP contribution >= 0.6 is 0 Å². The van der Waals surface area contributed by atoms with Crippen LogP contribution in [0.5, 0.6) is 0 Å². The van der Waals surface area contributed by atoms with Gasteiger partial charge in [-0.3, -0.25) is 9.59 Å². The van der Waals surface area contributed by atoms with E-state index in [9.17, 15) is 14.4 Å². The third-order valence-electron chi connectivity index (χ3n) is 2.02. The van der Waals surface area contributed by atoms with E-state index in [4.69, 9.17) is 0 Å². The lowest BCUT2D eigenvalue weighted by molar-refractivity contribution is -0.141. The van der Waals surface area contributed by atoms with E-state index >= 15 is 0 Å². The Labute approximate surface area is 86.2 Å². The Balaban J connectivity index is 2.45. The zero-order valence-corrected chi connectivity index (χ0v) is 8.24. The Morgan fingerprint density at radius 2 is 2.33 bits per heavy atom. The third kappa shape index (κ3) is 2.55. The van der Waals surface area contributed by atoms with Gasteiger partial charge in [0.2, 0.25) is 5.91 Å². The van der Waals surface area contributed by atoms with Crippen molar-refractivity contribution in [3.63, 3.8) is 0 Å². The molecular weight excluding hydrogens is 202 g/mol. The van der Waals surface area contributed by atoms with E-state index in [1.54, 1.807) is 0 Å². The molecule has 6 nitrogen and oxygen atoms in total. The average Bonchev–Trinajstić information content (AvgIpc) is 2.56. The minimum atomic E-state index is -0.706. The van der Waals surface area contributed by atoms with Crippen molar-refractivity contribution in [1.82, 2.24) is 5.32 Å². The van der Waals surface area contributed by atoms with Crippen LogP contribution in [-0.4, -0.2) is 38.1 Å². The summed E-state index contributed by atoms with van der Waals surface area (Å²) in [7, 11) is 1.22. The normalized spacial score (nSPS) is 19.7. The molecule has 1 heterocycles. The fourth-order valence-corrected chi connectivity index (χ4v) is 1.08. The zero-order chi connectivity index (χ0) is 11.4. The lowest BCUT2D eigenvalue weighted by Crippen LogP contribution is -2.35. The van der Waals surface area contributed by atoms with E-state index in [-0.39, 0.29) is 18.7 Å². The summed E-state index contributed by atoms with van der Waals surface area (Å²) >= 11 is 0. The molecule has 1 N–H and O–H groups in total. The van der Waals surface area contributed by atoms with Gasteiger partial charge in [-0.1, -0.05) is 6.58 Å². The molecule has 0 aromatic rings. The molecule has 1 rings (SSSR count). The van der Waals surface area contributed by atoms with Crippen molar-refractivity contribution in [3.05, 3.63) is 12.2 Å². The van der Waals surface area contributed by atoms with Crippen molar-refractivity contribution >= 4 is 17.8 Å². The van der Waals surface area contributed by atoms with E-state index in [2.05, 4.69) is 21.4 Å². The van der Waals surface area contributed by atoms with Gasteiger partial charge in [0.05, 0.1) is 7.11 Å². The van der Waals surface area contributed by atoms with Crippen LogP contribution < -0.4 is 5.32 Å². The molecule has 1 aliphatic heterocycles. The number of amides is 1. The van der Waals surface area contributed by atoms with Crippen LogP contribution in [0.15, 0.2) is 12.2 Å². The van der Waals surface area contributed by atoms with Gasteiger partial charge in [-0.05, 0) is 0 Å². The largest absolute Gasteiger partial charge is 0.468 e. The fraction of sp³-hybridized carbons (Fsp3) is 0.444. The molecule has 0 unspecified atom stereocenters. The highest BCUT2D eigenvalue weighted by molar-refractivity contribution is 5.99. The molecule has 0 aliphatic carbocycles. The second kappa shape index (κ2) is 4.59. The summed E-state index contributed by atoms with van der Waals surface area (Å²) in [4.78, 5) is 33.0. The molecule has 1 fully saturated rings. The summed E-state index contributed by atoms with van der Waals surface area (Å²) in [6.07, 6.45) is 0. The first-order valence-corrected chi connectivity index (χ1v) is 4.26. The summed E-state index contributed by atoms with van der Waals surface area (Å²) in [5.74, 6) is -2.30. The predicted octanol–water partition coefficient (Wildman–Crippen LogP) is -0.995. The lowest BCUT2D eigenvalue weighted by atomic mass is 10.0. The number of hydrogen-bond acceptors (Lipinski definition) is 5.